The highest BCUT2D eigenvalue weighted by Crippen LogP contribution is 2.14. The van der Waals surface area contributed by atoms with Crippen LogP contribution in [-0.2, 0) is 0 Å². The minimum absolute atomic E-state index is 0.397. The van der Waals surface area contributed by atoms with Gasteiger partial charge in [0, 0.05) is 0 Å². The second kappa shape index (κ2) is 4.22. The number of phenolic OH excluding ortho intramolecular Hbond substituents is 1. The Morgan fingerprint density at radius 3 is 2.93 bits per heavy atom. The number of halogens is 1. The summed E-state index contributed by atoms with van der Waals surface area (Å²) in [7, 11) is 0. The number of urea groups is 1. The fourth-order valence-electron chi connectivity index (χ4n) is 0.774. The van der Waals surface area contributed by atoms with Crippen LogP contribution in [0.4, 0.5) is 9.18 Å². The van der Waals surface area contributed by atoms with Crippen LogP contribution in [0.15, 0.2) is 23.3 Å². The van der Waals surface area contributed by atoms with Crippen molar-refractivity contribution >= 4 is 12.2 Å². The normalized spacial score (nSPS) is 10.4. The van der Waals surface area contributed by atoms with Crippen LogP contribution in [0, 0.1) is 5.82 Å². The van der Waals surface area contributed by atoms with Gasteiger partial charge in [-0.25, -0.2) is 14.6 Å². The number of hydrogen-bond donors (Lipinski definition) is 3. The van der Waals surface area contributed by atoms with E-state index >= 15 is 0 Å². The van der Waals surface area contributed by atoms with Crippen molar-refractivity contribution in [2.24, 2.45) is 10.8 Å². The number of hydrazone groups is 1. The van der Waals surface area contributed by atoms with Crippen molar-refractivity contribution in [2.45, 2.75) is 0 Å². The van der Waals surface area contributed by atoms with Gasteiger partial charge >= 0.3 is 6.03 Å². The van der Waals surface area contributed by atoms with E-state index in [2.05, 4.69) is 5.10 Å². The smallest absolute Gasteiger partial charge is 0.332 e. The first-order valence-corrected chi connectivity index (χ1v) is 3.66. The van der Waals surface area contributed by atoms with E-state index in [-0.39, 0.29) is 0 Å². The molecule has 5 nitrogen and oxygen atoms in total. The number of aromatic hydroxyl groups is 1. The largest absolute Gasteiger partial charge is 0.505 e. The third-order valence-electron chi connectivity index (χ3n) is 1.36. The van der Waals surface area contributed by atoms with Crippen LogP contribution in [-0.4, -0.2) is 17.4 Å². The number of nitrogens with zero attached hydrogens (tertiary/aromatic N) is 1. The molecular weight excluding hydrogens is 189 g/mol. The Morgan fingerprint density at radius 1 is 1.64 bits per heavy atom. The van der Waals surface area contributed by atoms with E-state index in [0.717, 1.165) is 6.07 Å². The second-order valence-corrected chi connectivity index (χ2v) is 2.45. The number of primary amides is 1. The van der Waals surface area contributed by atoms with E-state index in [0.29, 0.717) is 5.56 Å². The molecule has 74 valence electrons. The third kappa shape index (κ3) is 2.74. The van der Waals surface area contributed by atoms with Crippen molar-refractivity contribution in [3.05, 3.63) is 29.6 Å². The average molecular weight is 197 g/mol. The van der Waals surface area contributed by atoms with Crippen LogP contribution in [0.2, 0.25) is 0 Å². The molecule has 0 aliphatic carbocycles. The van der Waals surface area contributed by atoms with Gasteiger partial charge in [0.2, 0.25) is 0 Å². The van der Waals surface area contributed by atoms with E-state index in [1.807, 2.05) is 5.43 Å². The molecule has 0 atom stereocenters. The van der Waals surface area contributed by atoms with E-state index in [1.54, 1.807) is 0 Å². The summed E-state index contributed by atoms with van der Waals surface area (Å²) < 4.78 is 12.7. The first kappa shape index (κ1) is 9.97. The van der Waals surface area contributed by atoms with Gasteiger partial charge in [-0.15, -0.1) is 0 Å². The molecule has 0 unspecified atom stereocenters. The molecule has 0 spiro atoms. The quantitative estimate of drug-likeness (QED) is 0.477. The number of amides is 2. The molecule has 14 heavy (non-hydrogen) atoms. The van der Waals surface area contributed by atoms with Crippen molar-refractivity contribution in [2.75, 3.05) is 0 Å². The molecule has 0 radical (unpaired) electrons. The van der Waals surface area contributed by atoms with E-state index in [1.165, 1.54) is 18.3 Å². The Bertz CT molecular complexity index is 379. The zero-order valence-electron chi connectivity index (χ0n) is 7.07. The van der Waals surface area contributed by atoms with Crippen molar-refractivity contribution < 1.29 is 14.3 Å². The highest BCUT2D eigenvalue weighted by Gasteiger charge is 1.99. The van der Waals surface area contributed by atoms with Crippen LogP contribution < -0.4 is 11.2 Å². The zero-order valence-corrected chi connectivity index (χ0v) is 7.07. The molecule has 0 saturated heterocycles. The Morgan fingerprint density at radius 2 is 2.36 bits per heavy atom. The first-order chi connectivity index (χ1) is 6.59. The summed E-state index contributed by atoms with van der Waals surface area (Å²) in [5.74, 6) is -1.20. The van der Waals surface area contributed by atoms with Gasteiger partial charge in [-0.3, -0.25) is 0 Å². The summed E-state index contributed by atoms with van der Waals surface area (Å²) in [5.41, 5.74) is 7.08. The number of rotatable bonds is 2. The summed E-state index contributed by atoms with van der Waals surface area (Å²) >= 11 is 0. The number of hydrogen-bond acceptors (Lipinski definition) is 3. The van der Waals surface area contributed by atoms with Gasteiger partial charge in [0.15, 0.2) is 11.6 Å². The maximum Gasteiger partial charge on any atom is 0.332 e. The number of carbonyl (C=O) groups is 1. The van der Waals surface area contributed by atoms with E-state index < -0.39 is 17.6 Å². The SMILES string of the molecule is NC(=O)NN=Cc1ccc(O)c(F)c1. The molecule has 0 aliphatic heterocycles. The van der Waals surface area contributed by atoms with E-state index in [4.69, 9.17) is 10.8 Å². The monoisotopic (exact) mass is 197 g/mol. The van der Waals surface area contributed by atoms with Gasteiger partial charge in [0.05, 0.1) is 6.21 Å². The van der Waals surface area contributed by atoms with Crippen LogP contribution >= 0.6 is 0 Å². The Labute approximate surface area is 79.0 Å². The highest BCUT2D eigenvalue weighted by atomic mass is 19.1. The van der Waals surface area contributed by atoms with Crippen molar-refractivity contribution in [3.63, 3.8) is 0 Å². The number of phenols is 1. The topological polar surface area (TPSA) is 87.7 Å². The van der Waals surface area contributed by atoms with Gasteiger partial charge in [0.1, 0.15) is 0 Å². The molecule has 6 heteroatoms. The minimum atomic E-state index is -0.805. The van der Waals surface area contributed by atoms with Gasteiger partial charge in [0.25, 0.3) is 0 Å². The molecule has 0 aliphatic rings. The van der Waals surface area contributed by atoms with Crippen molar-refractivity contribution in [1.82, 2.24) is 5.43 Å². The molecule has 1 rings (SSSR count). The summed E-state index contributed by atoms with van der Waals surface area (Å²) in [6.45, 7) is 0. The summed E-state index contributed by atoms with van der Waals surface area (Å²) in [4.78, 5) is 10.2. The lowest BCUT2D eigenvalue weighted by Crippen LogP contribution is -2.24. The van der Waals surface area contributed by atoms with Crippen LogP contribution in [0.1, 0.15) is 5.56 Å². The number of nitrogens with two attached hydrogens (primary N) is 1. The highest BCUT2D eigenvalue weighted by molar-refractivity contribution is 5.81. The molecule has 1 aromatic carbocycles. The van der Waals surface area contributed by atoms with E-state index in [9.17, 15) is 9.18 Å². The van der Waals surface area contributed by atoms with Crippen molar-refractivity contribution in [3.8, 4) is 5.75 Å². The van der Waals surface area contributed by atoms with Crippen molar-refractivity contribution in [1.29, 1.82) is 0 Å². The molecule has 4 N–H and O–H groups in total. The molecule has 0 aromatic heterocycles. The van der Waals surface area contributed by atoms with Gasteiger partial charge < -0.3 is 10.8 Å². The van der Waals surface area contributed by atoms with Crippen LogP contribution in [0.25, 0.3) is 0 Å². The van der Waals surface area contributed by atoms with Gasteiger partial charge in [-0.2, -0.15) is 5.10 Å². The lowest BCUT2D eigenvalue weighted by atomic mass is 10.2. The predicted molar refractivity (Wildman–Crippen MR) is 48.4 cm³/mol. The van der Waals surface area contributed by atoms with Crippen LogP contribution in [0.5, 0.6) is 5.75 Å². The number of nitrogens with one attached hydrogen (secondary N) is 1. The Balaban J connectivity index is 2.73. The summed E-state index contributed by atoms with van der Waals surface area (Å²) in [5, 5.41) is 12.3. The number of carbonyl (C=O) groups excluding carboxylic acids is 1. The second-order valence-electron chi connectivity index (χ2n) is 2.45. The maximum absolute atomic E-state index is 12.7. The first-order valence-electron chi connectivity index (χ1n) is 3.66. The Kier molecular flexibility index (Phi) is 3.01. The van der Waals surface area contributed by atoms with Gasteiger partial charge in [-0.05, 0) is 23.8 Å². The standard InChI is InChI=1S/C8H8FN3O2/c9-6-3-5(1-2-7(6)13)4-11-12-8(10)14/h1-4,13H,(H3,10,12,14). The maximum atomic E-state index is 12.7. The third-order valence-corrected chi connectivity index (χ3v) is 1.36. The molecule has 0 saturated carbocycles. The predicted octanol–water partition coefficient (Wildman–Crippen LogP) is 0.533. The molecule has 1 aromatic rings. The summed E-state index contributed by atoms with van der Waals surface area (Å²) in [6, 6.07) is 2.88. The fourth-order valence-corrected chi connectivity index (χ4v) is 0.774. The lowest BCUT2D eigenvalue weighted by Gasteiger charge is -1.96. The summed E-state index contributed by atoms with van der Waals surface area (Å²) in [6.07, 6.45) is 1.20. The lowest BCUT2D eigenvalue weighted by molar-refractivity contribution is 0.249. The average Bonchev–Trinajstić information content (AvgIpc) is 2.10. The Hall–Kier alpha value is -2.11. The zero-order chi connectivity index (χ0) is 10.6. The fraction of sp³-hybridized carbons (Fsp3) is 0. The minimum Gasteiger partial charge on any atom is -0.505 e. The molecule has 0 bridgehead atoms. The molecule has 2 amide bonds. The van der Waals surface area contributed by atoms with Gasteiger partial charge in [-0.1, -0.05) is 0 Å². The number of benzene rings is 1. The molecular formula is C8H8FN3O2. The molecule has 0 heterocycles. The van der Waals surface area contributed by atoms with Crippen LogP contribution in [0.3, 0.4) is 0 Å². The molecule has 0 fully saturated rings.